The van der Waals surface area contributed by atoms with Gasteiger partial charge >= 0.3 is 0 Å². The molecular weight excluding hydrogens is 266 g/mol. The highest BCUT2D eigenvalue weighted by Gasteiger charge is 2.42. The van der Waals surface area contributed by atoms with Crippen molar-refractivity contribution >= 4 is 15.9 Å². The largest absolute Gasteiger partial charge is 0.466 e. The molecule has 1 unspecified atom stereocenters. The average molecular weight is 284 g/mol. The monoisotopic (exact) mass is 283 g/mol. The second-order valence-corrected chi connectivity index (χ2v) is 6.08. The van der Waals surface area contributed by atoms with E-state index in [1.165, 1.54) is 25.7 Å². The van der Waals surface area contributed by atoms with E-state index in [0.717, 1.165) is 28.1 Å². The molecular formula is C13H18BrNO. The molecule has 2 nitrogen and oxygen atoms in total. The Morgan fingerprint density at radius 1 is 1.31 bits per heavy atom. The van der Waals surface area contributed by atoms with E-state index in [0.29, 0.717) is 6.04 Å². The molecule has 0 spiro atoms. The summed E-state index contributed by atoms with van der Waals surface area (Å²) in [5.41, 5.74) is 0. The molecule has 1 aromatic heterocycles. The number of rotatable bonds is 5. The van der Waals surface area contributed by atoms with E-state index in [4.69, 9.17) is 4.42 Å². The van der Waals surface area contributed by atoms with Crippen molar-refractivity contribution in [3.05, 3.63) is 22.6 Å². The molecule has 2 aliphatic rings. The summed E-state index contributed by atoms with van der Waals surface area (Å²) in [4.78, 5) is 0. The zero-order valence-electron chi connectivity index (χ0n) is 9.58. The maximum atomic E-state index is 5.52. The molecule has 1 atom stereocenters. The van der Waals surface area contributed by atoms with E-state index < -0.39 is 0 Å². The maximum absolute atomic E-state index is 5.52. The highest BCUT2D eigenvalue weighted by atomic mass is 79.9. The second kappa shape index (κ2) is 4.19. The van der Waals surface area contributed by atoms with Gasteiger partial charge in [0.15, 0.2) is 0 Å². The predicted molar refractivity (Wildman–Crippen MR) is 67.2 cm³/mol. The molecule has 16 heavy (non-hydrogen) atoms. The van der Waals surface area contributed by atoms with Crippen LogP contribution in [-0.4, -0.2) is 6.04 Å². The quantitative estimate of drug-likeness (QED) is 0.887. The van der Waals surface area contributed by atoms with Gasteiger partial charge in [-0.3, -0.25) is 0 Å². The molecule has 0 aromatic carbocycles. The molecule has 2 aliphatic carbocycles. The first-order valence-electron chi connectivity index (χ1n) is 6.24. The van der Waals surface area contributed by atoms with Gasteiger partial charge < -0.3 is 9.73 Å². The number of furan rings is 1. The molecule has 0 bridgehead atoms. The first-order valence-corrected chi connectivity index (χ1v) is 7.04. The van der Waals surface area contributed by atoms with Crippen molar-refractivity contribution in [1.82, 2.24) is 5.32 Å². The van der Waals surface area contributed by atoms with Crippen LogP contribution in [0.15, 0.2) is 21.2 Å². The van der Waals surface area contributed by atoms with Crippen molar-refractivity contribution in [3.8, 4) is 0 Å². The van der Waals surface area contributed by atoms with E-state index >= 15 is 0 Å². The van der Waals surface area contributed by atoms with Crippen LogP contribution in [0.25, 0.3) is 0 Å². The summed E-state index contributed by atoms with van der Waals surface area (Å²) in [7, 11) is 0. The standard InChI is InChI=1S/C13H18BrNO/c1-8(13-11(14)6-7-16-13)15-12(9-2-3-9)10-4-5-10/h6-10,12,15H,2-5H2,1H3. The van der Waals surface area contributed by atoms with Gasteiger partial charge in [-0.05, 0) is 66.4 Å². The van der Waals surface area contributed by atoms with Gasteiger partial charge in [0.2, 0.25) is 0 Å². The maximum Gasteiger partial charge on any atom is 0.134 e. The minimum absolute atomic E-state index is 0.315. The molecule has 88 valence electrons. The van der Waals surface area contributed by atoms with Crippen LogP contribution in [0.2, 0.25) is 0 Å². The third kappa shape index (κ3) is 2.21. The van der Waals surface area contributed by atoms with Crippen LogP contribution >= 0.6 is 15.9 Å². The second-order valence-electron chi connectivity index (χ2n) is 5.22. The number of hydrogen-bond donors (Lipinski definition) is 1. The summed E-state index contributed by atoms with van der Waals surface area (Å²) in [5.74, 6) is 2.90. The molecule has 0 radical (unpaired) electrons. The number of hydrogen-bond acceptors (Lipinski definition) is 2. The summed E-state index contributed by atoms with van der Waals surface area (Å²) in [6, 6.07) is 3.01. The lowest BCUT2D eigenvalue weighted by atomic mass is 10.1. The first-order chi connectivity index (χ1) is 7.75. The lowest BCUT2D eigenvalue weighted by molar-refractivity contribution is 0.341. The summed E-state index contributed by atoms with van der Waals surface area (Å²) in [6.45, 7) is 2.20. The van der Waals surface area contributed by atoms with E-state index in [1.807, 2.05) is 6.07 Å². The van der Waals surface area contributed by atoms with Crippen LogP contribution in [0.4, 0.5) is 0 Å². The summed E-state index contributed by atoms with van der Waals surface area (Å²) >= 11 is 3.53. The predicted octanol–water partition coefficient (Wildman–Crippen LogP) is 3.88. The van der Waals surface area contributed by atoms with Crippen molar-refractivity contribution in [2.75, 3.05) is 0 Å². The van der Waals surface area contributed by atoms with Crippen molar-refractivity contribution < 1.29 is 4.42 Å². The van der Waals surface area contributed by atoms with E-state index in [1.54, 1.807) is 6.26 Å². The van der Waals surface area contributed by atoms with Crippen LogP contribution in [0.1, 0.15) is 44.4 Å². The molecule has 3 heteroatoms. The van der Waals surface area contributed by atoms with Gasteiger partial charge in [-0.25, -0.2) is 0 Å². The Hall–Kier alpha value is -0.280. The minimum atomic E-state index is 0.315. The van der Waals surface area contributed by atoms with Gasteiger partial charge in [-0.1, -0.05) is 0 Å². The molecule has 0 aliphatic heterocycles. The van der Waals surface area contributed by atoms with Crippen LogP contribution in [0.3, 0.4) is 0 Å². The Balaban J connectivity index is 1.66. The zero-order valence-corrected chi connectivity index (χ0v) is 11.2. The van der Waals surface area contributed by atoms with Crippen LogP contribution < -0.4 is 5.32 Å². The lowest BCUT2D eigenvalue weighted by Gasteiger charge is -2.22. The molecule has 0 saturated heterocycles. The fourth-order valence-corrected chi connectivity index (χ4v) is 3.09. The Morgan fingerprint density at radius 2 is 1.94 bits per heavy atom. The highest BCUT2D eigenvalue weighted by molar-refractivity contribution is 9.10. The zero-order chi connectivity index (χ0) is 11.1. The van der Waals surface area contributed by atoms with Crippen molar-refractivity contribution in [3.63, 3.8) is 0 Å². The Morgan fingerprint density at radius 3 is 2.38 bits per heavy atom. The summed E-state index contributed by atoms with van der Waals surface area (Å²) < 4.78 is 6.60. The van der Waals surface area contributed by atoms with Gasteiger partial charge in [0.1, 0.15) is 5.76 Å². The molecule has 1 N–H and O–H groups in total. The molecule has 2 fully saturated rings. The van der Waals surface area contributed by atoms with Gasteiger partial charge in [0.05, 0.1) is 16.8 Å². The SMILES string of the molecule is CC(NC(C1CC1)C1CC1)c1occc1Br. The summed E-state index contributed by atoms with van der Waals surface area (Å²) in [6.07, 6.45) is 7.42. The number of nitrogens with one attached hydrogen (secondary N) is 1. The first kappa shape index (κ1) is 10.8. The van der Waals surface area contributed by atoms with Gasteiger partial charge in [0.25, 0.3) is 0 Å². The fraction of sp³-hybridized carbons (Fsp3) is 0.692. The number of halogens is 1. The minimum Gasteiger partial charge on any atom is -0.466 e. The van der Waals surface area contributed by atoms with Gasteiger partial charge in [0, 0.05) is 6.04 Å². The van der Waals surface area contributed by atoms with Crippen molar-refractivity contribution in [1.29, 1.82) is 0 Å². The molecule has 1 aromatic rings. The van der Waals surface area contributed by atoms with E-state index in [2.05, 4.69) is 28.2 Å². The van der Waals surface area contributed by atoms with Crippen LogP contribution in [0, 0.1) is 11.8 Å². The molecule has 1 heterocycles. The van der Waals surface area contributed by atoms with E-state index in [-0.39, 0.29) is 0 Å². The van der Waals surface area contributed by atoms with Crippen LogP contribution in [0.5, 0.6) is 0 Å². The third-order valence-electron chi connectivity index (χ3n) is 3.74. The Labute approximate surface area is 105 Å². The summed E-state index contributed by atoms with van der Waals surface area (Å²) in [5, 5.41) is 3.76. The van der Waals surface area contributed by atoms with E-state index in [9.17, 15) is 0 Å². The average Bonchev–Trinajstić information content (AvgIpc) is 3.14. The van der Waals surface area contributed by atoms with Crippen molar-refractivity contribution in [2.45, 2.75) is 44.7 Å². The molecule has 0 amide bonds. The Bertz CT molecular complexity index is 356. The normalized spacial score (nSPS) is 22.7. The highest BCUT2D eigenvalue weighted by Crippen LogP contribution is 2.45. The Kier molecular flexibility index (Phi) is 2.84. The van der Waals surface area contributed by atoms with Crippen molar-refractivity contribution in [2.24, 2.45) is 11.8 Å². The third-order valence-corrected chi connectivity index (χ3v) is 4.40. The smallest absolute Gasteiger partial charge is 0.134 e. The topological polar surface area (TPSA) is 25.2 Å². The fourth-order valence-electron chi connectivity index (χ4n) is 2.55. The molecule has 3 rings (SSSR count). The van der Waals surface area contributed by atoms with Crippen LogP contribution in [-0.2, 0) is 0 Å². The molecule has 2 saturated carbocycles. The van der Waals surface area contributed by atoms with Gasteiger partial charge in [-0.15, -0.1) is 0 Å². The lowest BCUT2D eigenvalue weighted by Crippen LogP contribution is -2.35. The van der Waals surface area contributed by atoms with Gasteiger partial charge in [-0.2, -0.15) is 0 Å².